The number of nitrogens with two attached hydrogens (primary N) is 1. The lowest BCUT2D eigenvalue weighted by molar-refractivity contribution is 0.0163. The molecular weight excluding hydrogens is 468 g/mol. The third kappa shape index (κ3) is 4.59. The fourth-order valence-electron chi connectivity index (χ4n) is 4.57. The fourth-order valence-corrected chi connectivity index (χ4v) is 4.57. The number of hydrogen-bond donors (Lipinski definition) is 1. The van der Waals surface area contributed by atoms with Gasteiger partial charge >= 0.3 is 5.97 Å². The van der Waals surface area contributed by atoms with Crippen molar-refractivity contribution >= 4 is 34.0 Å². The van der Waals surface area contributed by atoms with Crippen LogP contribution in [0, 0.1) is 0 Å². The molecule has 3 aromatic carbocycles. The van der Waals surface area contributed by atoms with Gasteiger partial charge in [-0.25, -0.2) is 14.8 Å². The fraction of sp³-hybridized carbons (Fsp3) is 0.207. The van der Waals surface area contributed by atoms with Gasteiger partial charge in [0, 0.05) is 12.3 Å². The highest BCUT2D eigenvalue weighted by molar-refractivity contribution is 6.09. The van der Waals surface area contributed by atoms with Gasteiger partial charge in [-0.1, -0.05) is 42.5 Å². The zero-order valence-electron chi connectivity index (χ0n) is 20.2. The normalized spacial score (nSPS) is 15.3. The van der Waals surface area contributed by atoms with E-state index in [9.17, 15) is 4.79 Å². The predicted octanol–water partition coefficient (Wildman–Crippen LogP) is 5.07. The molecule has 0 unspecified atom stereocenters. The molecule has 2 N–H and O–H groups in total. The number of hydrogen-bond acceptors (Lipinski definition) is 7. The van der Waals surface area contributed by atoms with Gasteiger partial charge in [0.2, 0.25) is 0 Å². The van der Waals surface area contributed by atoms with Gasteiger partial charge in [0.05, 0.1) is 17.1 Å². The average Bonchev–Trinajstić information content (AvgIpc) is 3.55. The highest BCUT2D eigenvalue weighted by atomic mass is 16.6. The van der Waals surface area contributed by atoms with Gasteiger partial charge < -0.3 is 19.9 Å². The summed E-state index contributed by atoms with van der Waals surface area (Å²) in [5.74, 6) is 0.403. The summed E-state index contributed by atoms with van der Waals surface area (Å²) >= 11 is 0. The van der Waals surface area contributed by atoms with Crippen molar-refractivity contribution in [3.05, 3.63) is 90.0 Å². The van der Waals surface area contributed by atoms with Gasteiger partial charge in [0.25, 0.3) is 0 Å². The Morgan fingerprint density at radius 2 is 1.70 bits per heavy atom. The molecule has 0 radical (unpaired) electrons. The Morgan fingerprint density at radius 1 is 0.973 bits per heavy atom. The summed E-state index contributed by atoms with van der Waals surface area (Å²) in [5.41, 5.74) is 10.9. The first-order chi connectivity index (χ1) is 18.2. The number of esters is 1. The minimum absolute atomic E-state index is 0.0890. The Morgan fingerprint density at radius 3 is 2.43 bits per heavy atom. The number of nitrogen functional groups attached to an aromatic ring is 1. The molecular formula is C29H26N4O4. The van der Waals surface area contributed by atoms with E-state index in [1.54, 1.807) is 4.57 Å². The zero-order chi connectivity index (χ0) is 25.2. The summed E-state index contributed by atoms with van der Waals surface area (Å²) in [4.78, 5) is 22.8. The molecule has 8 heteroatoms. The molecule has 1 atom stereocenters. The van der Waals surface area contributed by atoms with Crippen LogP contribution in [0.15, 0.2) is 78.9 Å². The molecule has 37 heavy (non-hydrogen) atoms. The minimum atomic E-state index is -0.538. The maximum Gasteiger partial charge on any atom is 0.344 e. The molecule has 1 saturated heterocycles. The maximum atomic E-state index is 13.2. The summed E-state index contributed by atoms with van der Waals surface area (Å²) in [7, 11) is 0. The van der Waals surface area contributed by atoms with Gasteiger partial charge in [-0.2, -0.15) is 0 Å². The van der Waals surface area contributed by atoms with Crippen molar-refractivity contribution in [3.8, 4) is 11.4 Å². The molecule has 1 fully saturated rings. The third-order valence-electron chi connectivity index (χ3n) is 6.47. The molecule has 0 bridgehead atoms. The molecule has 1 aliphatic heterocycles. The first-order valence-corrected chi connectivity index (χ1v) is 12.3. The predicted molar refractivity (Wildman–Crippen MR) is 141 cm³/mol. The number of ether oxygens (including phenoxy) is 3. The quantitative estimate of drug-likeness (QED) is 0.315. The second-order valence-corrected chi connectivity index (χ2v) is 8.98. The molecule has 1 aliphatic rings. The number of carbonyl (C=O) groups excluding carboxylic acids is 1. The van der Waals surface area contributed by atoms with E-state index in [1.165, 1.54) is 0 Å². The van der Waals surface area contributed by atoms with Gasteiger partial charge in [-0.05, 0) is 54.8 Å². The van der Waals surface area contributed by atoms with Crippen LogP contribution >= 0.6 is 0 Å². The van der Waals surface area contributed by atoms with E-state index in [0.717, 1.165) is 29.8 Å². The molecule has 8 nitrogen and oxygen atoms in total. The molecule has 186 valence electrons. The van der Waals surface area contributed by atoms with E-state index in [-0.39, 0.29) is 24.1 Å². The standard InChI is InChI=1S/C29H26N4O4/c30-27-25(29(34)37-18-22-9-6-16-35-22)26-28(32-24-11-5-4-10-23(24)31-26)33(27)20-12-14-21(15-13-20)36-17-19-7-2-1-3-8-19/h1-5,7-8,10-15,22H,6,9,16-18,30H2/t22-/m1/s1. The van der Waals surface area contributed by atoms with Crippen LogP contribution in [0.25, 0.3) is 27.9 Å². The van der Waals surface area contributed by atoms with Crippen LogP contribution in [0.2, 0.25) is 0 Å². The Labute approximate surface area is 213 Å². The van der Waals surface area contributed by atoms with Gasteiger partial charge in [0.1, 0.15) is 35.9 Å². The molecule has 6 rings (SSSR count). The molecule has 5 aromatic rings. The van der Waals surface area contributed by atoms with Crippen LogP contribution in [-0.2, 0) is 16.1 Å². The van der Waals surface area contributed by atoms with E-state index in [0.29, 0.717) is 35.4 Å². The maximum absolute atomic E-state index is 13.2. The van der Waals surface area contributed by atoms with Crippen LogP contribution in [0.5, 0.6) is 5.75 Å². The van der Waals surface area contributed by atoms with Crippen molar-refractivity contribution in [2.45, 2.75) is 25.6 Å². The van der Waals surface area contributed by atoms with E-state index in [2.05, 4.69) is 0 Å². The van der Waals surface area contributed by atoms with Crippen molar-refractivity contribution in [3.63, 3.8) is 0 Å². The second-order valence-electron chi connectivity index (χ2n) is 8.98. The Kier molecular flexibility index (Phi) is 6.16. The van der Waals surface area contributed by atoms with E-state index < -0.39 is 5.97 Å². The van der Waals surface area contributed by atoms with Crippen LogP contribution in [-0.4, -0.2) is 39.8 Å². The summed E-state index contributed by atoms with van der Waals surface area (Å²) in [6.45, 7) is 1.33. The van der Waals surface area contributed by atoms with Crippen LogP contribution in [0.4, 0.5) is 5.82 Å². The van der Waals surface area contributed by atoms with Gasteiger partial charge in [-0.3, -0.25) is 4.57 Å². The smallest absolute Gasteiger partial charge is 0.344 e. The molecule has 3 heterocycles. The van der Waals surface area contributed by atoms with E-state index in [1.807, 2.05) is 78.9 Å². The van der Waals surface area contributed by atoms with Crippen molar-refractivity contribution in [2.75, 3.05) is 18.9 Å². The molecule has 2 aromatic heterocycles. The highest BCUT2D eigenvalue weighted by Crippen LogP contribution is 2.32. The first-order valence-electron chi connectivity index (χ1n) is 12.3. The number of anilines is 1. The number of fused-ring (bicyclic) bond motifs is 2. The number of carbonyl (C=O) groups is 1. The molecule has 0 saturated carbocycles. The van der Waals surface area contributed by atoms with Gasteiger partial charge in [0.15, 0.2) is 5.65 Å². The summed E-state index contributed by atoms with van der Waals surface area (Å²) in [5, 5.41) is 0. The van der Waals surface area contributed by atoms with Crippen LogP contribution < -0.4 is 10.5 Å². The minimum Gasteiger partial charge on any atom is -0.489 e. The monoisotopic (exact) mass is 494 g/mol. The van der Waals surface area contributed by atoms with Crippen LogP contribution in [0.1, 0.15) is 28.8 Å². The van der Waals surface area contributed by atoms with Crippen molar-refractivity contribution in [2.24, 2.45) is 0 Å². The summed E-state index contributed by atoms with van der Waals surface area (Å²) < 4.78 is 18.9. The molecule has 0 spiro atoms. The van der Waals surface area contributed by atoms with Gasteiger partial charge in [-0.15, -0.1) is 0 Å². The zero-order valence-corrected chi connectivity index (χ0v) is 20.2. The van der Waals surface area contributed by atoms with Crippen molar-refractivity contribution in [1.29, 1.82) is 0 Å². The molecule has 0 amide bonds. The number of para-hydroxylation sites is 2. The third-order valence-corrected chi connectivity index (χ3v) is 6.47. The van der Waals surface area contributed by atoms with Crippen molar-refractivity contribution < 1.29 is 19.0 Å². The molecule has 0 aliphatic carbocycles. The highest BCUT2D eigenvalue weighted by Gasteiger charge is 2.27. The largest absolute Gasteiger partial charge is 0.489 e. The number of aromatic nitrogens is 3. The Hall–Kier alpha value is -4.43. The topological polar surface area (TPSA) is 101 Å². The number of benzene rings is 3. The Balaban J connectivity index is 1.36. The summed E-state index contributed by atoms with van der Waals surface area (Å²) in [6, 6.07) is 25.0. The lowest BCUT2D eigenvalue weighted by Crippen LogP contribution is -2.18. The van der Waals surface area contributed by atoms with E-state index >= 15 is 0 Å². The Bertz CT molecular complexity index is 1560. The first kappa shape index (κ1) is 23.0. The average molecular weight is 495 g/mol. The number of rotatable bonds is 7. The lowest BCUT2D eigenvalue weighted by Gasteiger charge is -2.11. The number of nitrogens with zero attached hydrogens (tertiary/aromatic N) is 3. The second kappa shape index (κ2) is 9.91. The van der Waals surface area contributed by atoms with E-state index in [4.69, 9.17) is 29.9 Å². The van der Waals surface area contributed by atoms with Crippen molar-refractivity contribution in [1.82, 2.24) is 14.5 Å². The van der Waals surface area contributed by atoms with Crippen LogP contribution in [0.3, 0.4) is 0 Å². The lowest BCUT2D eigenvalue weighted by atomic mass is 10.2. The SMILES string of the molecule is Nc1c(C(=O)OC[C@H]2CCCO2)c2nc3ccccc3nc2n1-c1ccc(OCc2ccccc2)cc1. The summed E-state index contributed by atoms with van der Waals surface area (Å²) in [6.07, 6.45) is 1.74.